The number of methoxy groups -OCH3 is 1. The van der Waals surface area contributed by atoms with Crippen molar-refractivity contribution >= 4 is 22.4 Å². The summed E-state index contributed by atoms with van der Waals surface area (Å²) in [5.74, 6) is 0.136. The Kier molecular flexibility index (Phi) is 4.21. The van der Waals surface area contributed by atoms with Crippen molar-refractivity contribution in [1.29, 1.82) is 0 Å². The fraction of sp³-hybridized carbons (Fsp3) is 0.105. The number of hydrogen-bond donors (Lipinski definition) is 1. The number of anilines is 1. The fourth-order valence-electron chi connectivity index (χ4n) is 2.89. The molecule has 4 rings (SSSR count). The number of nitrogens with one attached hydrogen (secondary N) is 1. The van der Waals surface area contributed by atoms with Gasteiger partial charge in [0.15, 0.2) is 5.69 Å². The second kappa shape index (κ2) is 6.83. The van der Waals surface area contributed by atoms with Crippen molar-refractivity contribution in [1.82, 2.24) is 25.0 Å². The van der Waals surface area contributed by atoms with E-state index in [2.05, 4.69) is 25.6 Å². The Balaban J connectivity index is 1.71. The molecular weight excluding hydrogens is 344 g/mol. The molecule has 3 aromatic heterocycles. The maximum Gasteiger partial charge on any atom is 0.278 e. The van der Waals surface area contributed by atoms with Crippen LogP contribution in [0, 0.1) is 6.92 Å². The van der Waals surface area contributed by atoms with Gasteiger partial charge in [0.2, 0.25) is 0 Å². The van der Waals surface area contributed by atoms with E-state index in [1.54, 1.807) is 36.3 Å². The van der Waals surface area contributed by atoms with Gasteiger partial charge in [-0.2, -0.15) is 0 Å². The summed E-state index contributed by atoms with van der Waals surface area (Å²) in [5, 5.41) is 13.0. The van der Waals surface area contributed by atoms with Gasteiger partial charge in [-0.05, 0) is 19.1 Å². The Hall–Kier alpha value is -3.81. The van der Waals surface area contributed by atoms with Gasteiger partial charge in [-0.1, -0.05) is 17.3 Å². The normalized spacial score (nSPS) is 10.7. The van der Waals surface area contributed by atoms with Gasteiger partial charge in [0.1, 0.15) is 11.4 Å². The average Bonchev–Trinajstić information content (AvgIpc) is 3.09. The van der Waals surface area contributed by atoms with Crippen LogP contribution in [0.25, 0.3) is 16.5 Å². The Morgan fingerprint density at radius 3 is 2.78 bits per heavy atom. The summed E-state index contributed by atoms with van der Waals surface area (Å²) >= 11 is 0. The van der Waals surface area contributed by atoms with Gasteiger partial charge in [-0.3, -0.25) is 14.8 Å². The molecule has 1 N–H and O–H groups in total. The van der Waals surface area contributed by atoms with E-state index < -0.39 is 0 Å². The highest BCUT2D eigenvalue weighted by molar-refractivity contribution is 6.04. The largest absolute Gasteiger partial charge is 0.494 e. The van der Waals surface area contributed by atoms with Gasteiger partial charge < -0.3 is 10.1 Å². The summed E-state index contributed by atoms with van der Waals surface area (Å²) in [6.45, 7) is 1.80. The van der Waals surface area contributed by atoms with Gasteiger partial charge >= 0.3 is 0 Å². The third kappa shape index (κ3) is 2.97. The first-order valence-electron chi connectivity index (χ1n) is 8.24. The number of nitrogens with zero attached hydrogens (tertiary/aromatic N) is 5. The topological polar surface area (TPSA) is 94.8 Å². The standard InChI is InChI=1S/C19H16N6O2/c1-12-18(19(26)22-15-11-21-9-7-17(15)27-2)23-24-25(12)16-5-3-4-13-10-20-8-6-14(13)16/h3-11H,1-2H3,(H,22,26). The number of amides is 1. The number of carbonyl (C=O) groups excluding carboxylic acids is 1. The molecule has 0 atom stereocenters. The molecule has 8 nitrogen and oxygen atoms in total. The average molecular weight is 360 g/mol. The lowest BCUT2D eigenvalue weighted by Crippen LogP contribution is -2.15. The number of benzene rings is 1. The fourth-order valence-corrected chi connectivity index (χ4v) is 2.89. The van der Waals surface area contributed by atoms with Crippen molar-refractivity contribution in [2.45, 2.75) is 6.92 Å². The molecule has 0 aliphatic carbocycles. The van der Waals surface area contributed by atoms with Gasteiger partial charge in [0.25, 0.3) is 5.91 Å². The lowest BCUT2D eigenvalue weighted by molar-refractivity contribution is 0.102. The first-order valence-corrected chi connectivity index (χ1v) is 8.24. The zero-order valence-corrected chi connectivity index (χ0v) is 14.7. The van der Waals surface area contributed by atoms with Crippen LogP contribution >= 0.6 is 0 Å². The lowest BCUT2D eigenvalue weighted by Gasteiger charge is -2.09. The number of hydrogen-bond acceptors (Lipinski definition) is 6. The molecule has 3 heterocycles. The lowest BCUT2D eigenvalue weighted by atomic mass is 10.1. The van der Waals surface area contributed by atoms with E-state index in [4.69, 9.17) is 4.74 Å². The SMILES string of the molecule is COc1ccncc1NC(=O)c1nnn(-c2cccc3cnccc23)c1C. The van der Waals surface area contributed by atoms with Crippen LogP contribution in [0.1, 0.15) is 16.2 Å². The molecule has 0 aliphatic rings. The molecule has 1 amide bonds. The Labute approximate surface area is 154 Å². The number of ether oxygens (including phenoxy) is 1. The first kappa shape index (κ1) is 16.6. The zero-order chi connectivity index (χ0) is 18.8. The van der Waals surface area contributed by atoms with E-state index in [9.17, 15) is 4.79 Å². The number of fused-ring (bicyclic) bond motifs is 1. The third-order valence-electron chi connectivity index (χ3n) is 4.24. The van der Waals surface area contributed by atoms with Crippen molar-refractivity contribution < 1.29 is 9.53 Å². The Morgan fingerprint density at radius 2 is 1.93 bits per heavy atom. The van der Waals surface area contributed by atoms with Gasteiger partial charge in [0, 0.05) is 35.4 Å². The summed E-state index contributed by atoms with van der Waals surface area (Å²) < 4.78 is 6.88. The highest BCUT2D eigenvalue weighted by Crippen LogP contribution is 2.24. The summed E-state index contributed by atoms with van der Waals surface area (Å²) in [6, 6.07) is 9.40. The highest BCUT2D eigenvalue weighted by Gasteiger charge is 2.19. The van der Waals surface area contributed by atoms with Crippen molar-refractivity contribution in [3.8, 4) is 11.4 Å². The summed E-state index contributed by atoms with van der Waals surface area (Å²) in [6.07, 6.45) is 6.62. The van der Waals surface area contributed by atoms with E-state index in [1.165, 1.54) is 13.3 Å². The van der Waals surface area contributed by atoms with Crippen LogP contribution in [-0.2, 0) is 0 Å². The molecule has 8 heteroatoms. The summed E-state index contributed by atoms with van der Waals surface area (Å²) in [4.78, 5) is 20.8. The van der Waals surface area contributed by atoms with Crippen molar-refractivity contribution in [3.05, 3.63) is 66.5 Å². The molecule has 0 aliphatic heterocycles. The third-order valence-corrected chi connectivity index (χ3v) is 4.24. The molecular formula is C19H16N6O2. The number of carbonyl (C=O) groups is 1. The second-order valence-corrected chi connectivity index (χ2v) is 5.84. The molecule has 0 saturated carbocycles. The zero-order valence-electron chi connectivity index (χ0n) is 14.7. The van der Waals surface area contributed by atoms with E-state index >= 15 is 0 Å². The monoisotopic (exact) mass is 360 g/mol. The molecule has 1 aromatic carbocycles. The molecule has 0 saturated heterocycles. The minimum absolute atomic E-state index is 0.229. The van der Waals surface area contributed by atoms with Crippen LogP contribution in [0.5, 0.6) is 5.75 Å². The minimum Gasteiger partial charge on any atom is -0.494 e. The second-order valence-electron chi connectivity index (χ2n) is 5.84. The van der Waals surface area contributed by atoms with E-state index in [0.717, 1.165) is 16.5 Å². The van der Waals surface area contributed by atoms with Crippen LogP contribution in [0.3, 0.4) is 0 Å². The van der Waals surface area contributed by atoms with Crippen LogP contribution < -0.4 is 10.1 Å². The van der Waals surface area contributed by atoms with Crippen LogP contribution in [-0.4, -0.2) is 38.0 Å². The molecule has 0 radical (unpaired) electrons. The van der Waals surface area contributed by atoms with Crippen LogP contribution in [0.4, 0.5) is 5.69 Å². The Morgan fingerprint density at radius 1 is 1.11 bits per heavy atom. The predicted molar refractivity (Wildman–Crippen MR) is 100 cm³/mol. The number of aromatic nitrogens is 5. The molecule has 0 bridgehead atoms. The number of pyridine rings is 2. The van der Waals surface area contributed by atoms with Crippen LogP contribution in [0.2, 0.25) is 0 Å². The smallest absolute Gasteiger partial charge is 0.278 e. The first-order chi connectivity index (χ1) is 13.2. The molecule has 0 unspecified atom stereocenters. The van der Waals surface area contributed by atoms with Crippen LogP contribution in [0.15, 0.2) is 55.1 Å². The maximum atomic E-state index is 12.7. The van der Waals surface area contributed by atoms with E-state index in [1.807, 2.05) is 24.3 Å². The van der Waals surface area contributed by atoms with Gasteiger partial charge in [-0.25, -0.2) is 4.68 Å². The maximum absolute atomic E-state index is 12.7. The van der Waals surface area contributed by atoms with Crippen molar-refractivity contribution in [3.63, 3.8) is 0 Å². The summed E-state index contributed by atoms with van der Waals surface area (Å²) in [5.41, 5.74) is 2.15. The molecule has 4 aromatic rings. The number of rotatable bonds is 4. The summed E-state index contributed by atoms with van der Waals surface area (Å²) in [7, 11) is 1.53. The molecule has 134 valence electrons. The Bertz CT molecular complexity index is 1130. The molecule has 27 heavy (non-hydrogen) atoms. The molecule has 0 spiro atoms. The van der Waals surface area contributed by atoms with E-state index in [0.29, 0.717) is 17.1 Å². The van der Waals surface area contributed by atoms with Gasteiger partial charge in [0.05, 0.1) is 24.7 Å². The van der Waals surface area contributed by atoms with Crippen molar-refractivity contribution in [2.75, 3.05) is 12.4 Å². The predicted octanol–water partition coefficient (Wildman–Crippen LogP) is 2.78. The quantitative estimate of drug-likeness (QED) is 0.601. The van der Waals surface area contributed by atoms with Crippen molar-refractivity contribution in [2.24, 2.45) is 0 Å². The minimum atomic E-state index is -0.382. The van der Waals surface area contributed by atoms with Gasteiger partial charge in [-0.15, -0.1) is 5.10 Å². The van der Waals surface area contributed by atoms with E-state index in [-0.39, 0.29) is 11.6 Å². The molecule has 0 fully saturated rings. The highest BCUT2D eigenvalue weighted by atomic mass is 16.5.